The van der Waals surface area contributed by atoms with Gasteiger partial charge in [-0.05, 0) is 25.0 Å². The lowest BCUT2D eigenvalue weighted by Crippen LogP contribution is -2.37. The molecule has 0 saturated heterocycles. The Kier molecular flexibility index (Phi) is 4.53. The Hall–Kier alpha value is -1.84. The topological polar surface area (TPSA) is 46.9 Å². The molecule has 1 saturated carbocycles. The molecule has 4 nitrogen and oxygen atoms in total. The molecule has 0 spiro atoms. The summed E-state index contributed by atoms with van der Waals surface area (Å²) in [4.78, 5) is 16.6. The molecular weight excluding hydrogens is 262 g/mol. The summed E-state index contributed by atoms with van der Waals surface area (Å²) in [6.07, 6.45) is 10.4. The third kappa shape index (κ3) is 3.63. The first-order valence-corrected chi connectivity index (χ1v) is 8.02. The monoisotopic (exact) mass is 285 g/mol. The van der Waals surface area contributed by atoms with Crippen LogP contribution in [-0.4, -0.2) is 21.5 Å². The SMILES string of the molecule is O=C(Cn1cnc2ccccc21)NC1CCCCCCC1. The van der Waals surface area contributed by atoms with E-state index in [4.69, 9.17) is 0 Å². The van der Waals surface area contributed by atoms with E-state index < -0.39 is 0 Å². The smallest absolute Gasteiger partial charge is 0.240 e. The molecular formula is C17H23N3O. The van der Waals surface area contributed by atoms with Gasteiger partial charge >= 0.3 is 0 Å². The largest absolute Gasteiger partial charge is 0.352 e. The Morgan fingerprint density at radius 2 is 1.86 bits per heavy atom. The lowest BCUT2D eigenvalue weighted by Gasteiger charge is -2.21. The predicted octanol–water partition coefficient (Wildman–Crippen LogP) is 3.27. The fourth-order valence-corrected chi connectivity index (χ4v) is 3.16. The number of benzene rings is 1. The molecule has 1 amide bonds. The molecule has 1 aromatic heterocycles. The lowest BCUT2D eigenvalue weighted by molar-refractivity contribution is -0.122. The fourth-order valence-electron chi connectivity index (χ4n) is 3.16. The zero-order chi connectivity index (χ0) is 14.5. The molecule has 112 valence electrons. The van der Waals surface area contributed by atoms with Gasteiger partial charge in [0, 0.05) is 6.04 Å². The second-order valence-corrected chi connectivity index (χ2v) is 5.97. The van der Waals surface area contributed by atoms with Crippen LogP contribution in [-0.2, 0) is 11.3 Å². The molecule has 0 bridgehead atoms. The van der Waals surface area contributed by atoms with Crippen molar-refractivity contribution in [1.82, 2.24) is 14.9 Å². The second-order valence-electron chi connectivity index (χ2n) is 5.97. The van der Waals surface area contributed by atoms with E-state index in [0.717, 1.165) is 23.9 Å². The summed E-state index contributed by atoms with van der Waals surface area (Å²) in [6.45, 7) is 0.358. The van der Waals surface area contributed by atoms with Gasteiger partial charge in [-0.15, -0.1) is 0 Å². The van der Waals surface area contributed by atoms with Crippen LogP contribution in [0.3, 0.4) is 0 Å². The first-order valence-electron chi connectivity index (χ1n) is 8.02. The van der Waals surface area contributed by atoms with Gasteiger partial charge in [0.15, 0.2) is 0 Å². The number of hydrogen-bond acceptors (Lipinski definition) is 2. The van der Waals surface area contributed by atoms with Crippen molar-refractivity contribution in [2.24, 2.45) is 0 Å². The average Bonchev–Trinajstić information content (AvgIpc) is 2.85. The van der Waals surface area contributed by atoms with E-state index in [9.17, 15) is 4.79 Å². The number of rotatable bonds is 3. The highest BCUT2D eigenvalue weighted by Gasteiger charge is 2.14. The summed E-state index contributed by atoms with van der Waals surface area (Å²) in [5.74, 6) is 0.101. The van der Waals surface area contributed by atoms with Gasteiger partial charge in [0.1, 0.15) is 6.54 Å². The summed E-state index contributed by atoms with van der Waals surface area (Å²) in [6, 6.07) is 8.28. The molecule has 1 aliphatic carbocycles. The molecule has 4 heteroatoms. The van der Waals surface area contributed by atoms with Gasteiger partial charge in [-0.1, -0.05) is 44.2 Å². The van der Waals surface area contributed by atoms with Gasteiger partial charge in [-0.25, -0.2) is 4.98 Å². The molecule has 0 aliphatic heterocycles. The van der Waals surface area contributed by atoms with Crippen LogP contribution < -0.4 is 5.32 Å². The Morgan fingerprint density at radius 1 is 1.14 bits per heavy atom. The summed E-state index contributed by atoms with van der Waals surface area (Å²) in [5, 5.41) is 3.20. The summed E-state index contributed by atoms with van der Waals surface area (Å²) < 4.78 is 1.92. The number of nitrogens with zero attached hydrogens (tertiary/aromatic N) is 2. The number of carbonyl (C=O) groups is 1. The van der Waals surface area contributed by atoms with Crippen LogP contribution in [0.15, 0.2) is 30.6 Å². The van der Waals surface area contributed by atoms with Crippen LogP contribution in [0.1, 0.15) is 44.9 Å². The van der Waals surface area contributed by atoms with Crippen LogP contribution in [0.2, 0.25) is 0 Å². The highest BCUT2D eigenvalue weighted by molar-refractivity contribution is 5.80. The molecule has 0 atom stereocenters. The van der Waals surface area contributed by atoms with E-state index in [1.807, 2.05) is 28.8 Å². The van der Waals surface area contributed by atoms with Gasteiger partial charge in [0.2, 0.25) is 5.91 Å². The molecule has 0 radical (unpaired) electrons. The number of nitrogens with one attached hydrogen (secondary N) is 1. The van der Waals surface area contributed by atoms with E-state index in [2.05, 4.69) is 10.3 Å². The van der Waals surface area contributed by atoms with Crippen LogP contribution in [0.4, 0.5) is 0 Å². The van der Waals surface area contributed by atoms with Crippen molar-refractivity contribution in [2.75, 3.05) is 0 Å². The van der Waals surface area contributed by atoms with Crippen molar-refractivity contribution < 1.29 is 4.79 Å². The molecule has 1 N–H and O–H groups in total. The van der Waals surface area contributed by atoms with Crippen LogP contribution >= 0.6 is 0 Å². The quantitative estimate of drug-likeness (QED) is 0.941. The zero-order valence-electron chi connectivity index (χ0n) is 12.4. The molecule has 1 aromatic carbocycles. The number of hydrogen-bond donors (Lipinski definition) is 1. The van der Waals surface area contributed by atoms with Gasteiger partial charge in [0.25, 0.3) is 0 Å². The summed E-state index contributed by atoms with van der Waals surface area (Å²) in [5.41, 5.74) is 1.96. The number of para-hydroxylation sites is 2. The van der Waals surface area contributed by atoms with Gasteiger partial charge in [-0.3, -0.25) is 4.79 Å². The van der Waals surface area contributed by atoms with Gasteiger partial charge in [-0.2, -0.15) is 0 Å². The van der Waals surface area contributed by atoms with E-state index in [1.165, 1.54) is 32.1 Å². The van der Waals surface area contributed by atoms with Crippen molar-refractivity contribution in [3.8, 4) is 0 Å². The number of aromatic nitrogens is 2. The molecule has 21 heavy (non-hydrogen) atoms. The van der Waals surface area contributed by atoms with Gasteiger partial charge in [0.05, 0.1) is 17.4 Å². The minimum atomic E-state index is 0.101. The minimum absolute atomic E-state index is 0.101. The summed E-state index contributed by atoms with van der Waals surface area (Å²) >= 11 is 0. The lowest BCUT2D eigenvalue weighted by atomic mass is 9.97. The Labute approximate surface area is 125 Å². The number of amides is 1. The highest BCUT2D eigenvalue weighted by Crippen LogP contribution is 2.17. The second kappa shape index (κ2) is 6.74. The van der Waals surface area contributed by atoms with E-state index in [1.54, 1.807) is 6.33 Å². The van der Waals surface area contributed by atoms with E-state index in [0.29, 0.717) is 12.6 Å². The third-order valence-corrected chi connectivity index (χ3v) is 4.31. The standard InChI is InChI=1S/C17H23N3O/c21-17(19-14-8-4-2-1-3-5-9-14)12-20-13-18-15-10-6-7-11-16(15)20/h6-7,10-11,13-14H,1-5,8-9,12H2,(H,19,21). The molecule has 1 heterocycles. The van der Waals surface area contributed by atoms with Crippen LogP contribution in [0.5, 0.6) is 0 Å². The van der Waals surface area contributed by atoms with Crippen molar-refractivity contribution in [1.29, 1.82) is 0 Å². The van der Waals surface area contributed by atoms with Crippen molar-refractivity contribution >= 4 is 16.9 Å². The fraction of sp³-hybridized carbons (Fsp3) is 0.529. The highest BCUT2D eigenvalue weighted by atomic mass is 16.2. The predicted molar refractivity (Wildman–Crippen MR) is 84.0 cm³/mol. The average molecular weight is 285 g/mol. The van der Waals surface area contributed by atoms with Crippen molar-refractivity contribution in [2.45, 2.75) is 57.5 Å². The normalized spacial score (nSPS) is 17.3. The first kappa shape index (κ1) is 14.1. The Bertz CT molecular complexity index is 597. The Balaban J connectivity index is 1.60. The zero-order valence-corrected chi connectivity index (χ0v) is 12.4. The molecule has 0 unspecified atom stereocenters. The summed E-state index contributed by atoms with van der Waals surface area (Å²) in [7, 11) is 0. The number of carbonyl (C=O) groups excluding carboxylic acids is 1. The molecule has 1 aliphatic rings. The van der Waals surface area contributed by atoms with E-state index in [-0.39, 0.29) is 5.91 Å². The van der Waals surface area contributed by atoms with Crippen LogP contribution in [0, 0.1) is 0 Å². The van der Waals surface area contributed by atoms with Crippen molar-refractivity contribution in [3.63, 3.8) is 0 Å². The van der Waals surface area contributed by atoms with E-state index >= 15 is 0 Å². The molecule has 2 aromatic rings. The first-order chi connectivity index (χ1) is 10.3. The van der Waals surface area contributed by atoms with Gasteiger partial charge < -0.3 is 9.88 Å². The maximum atomic E-state index is 12.3. The van der Waals surface area contributed by atoms with Crippen molar-refractivity contribution in [3.05, 3.63) is 30.6 Å². The Morgan fingerprint density at radius 3 is 2.67 bits per heavy atom. The molecule has 3 rings (SSSR count). The minimum Gasteiger partial charge on any atom is -0.352 e. The number of fused-ring (bicyclic) bond motifs is 1. The number of imidazole rings is 1. The van der Waals surface area contributed by atoms with Crippen LogP contribution in [0.25, 0.3) is 11.0 Å². The third-order valence-electron chi connectivity index (χ3n) is 4.31. The molecule has 1 fully saturated rings. The maximum Gasteiger partial charge on any atom is 0.240 e. The maximum absolute atomic E-state index is 12.3.